The van der Waals surface area contributed by atoms with E-state index in [-0.39, 0.29) is 6.03 Å². The van der Waals surface area contributed by atoms with E-state index >= 15 is 0 Å². The zero-order valence-corrected chi connectivity index (χ0v) is 20.2. The lowest BCUT2D eigenvalue weighted by atomic mass is 10.1. The third-order valence-corrected chi connectivity index (χ3v) is 5.74. The van der Waals surface area contributed by atoms with Gasteiger partial charge in [0.2, 0.25) is 0 Å². The highest BCUT2D eigenvalue weighted by Crippen LogP contribution is 2.30. The molecule has 0 aliphatic rings. The highest BCUT2D eigenvalue weighted by atomic mass is 35.5. The van der Waals surface area contributed by atoms with E-state index in [1.54, 1.807) is 56.6 Å². The summed E-state index contributed by atoms with van der Waals surface area (Å²) < 4.78 is 16.1. The third kappa shape index (κ3) is 6.46. The van der Waals surface area contributed by atoms with Gasteiger partial charge in [0.25, 0.3) is 0 Å². The molecule has 0 unspecified atom stereocenters. The Balaban J connectivity index is 1.84. The molecule has 6 nitrogen and oxygen atoms in total. The molecule has 0 aliphatic heterocycles. The summed E-state index contributed by atoms with van der Waals surface area (Å²) in [5, 5.41) is 4.08. The van der Waals surface area contributed by atoms with E-state index in [0.29, 0.717) is 52.5 Å². The first-order chi connectivity index (χ1) is 15.9. The number of nitrogens with zero attached hydrogens (tertiary/aromatic N) is 1. The van der Waals surface area contributed by atoms with Crippen LogP contribution in [0.25, 0.3) is 0 Å². The standard InChI is InChI=1S/C25H26Cl2N2O4/c1-31-20-10-11-22(24(15-20)33-3)28-25(30)29(16-18-6-4-5-7-23(18)32-2)13-12-17-8-9-19(26)14-21(17)27/h4-11,14-15H,12-13,16H2,1-3H3,(H,28,30). The van der Waals surface area contributed by atoms with E-state index in [2.05, 4.69) is 5.32 Å². The van der Waals surface area contributed by atoms with Gasteiger partial charge in [0.05, 0.1) is 33.6 Å². The summed E-state index contributed by atoms with van der Waals surface area (Å²) >= 11 is 12.4. The Morgan fingerprint density at radius 1 is 0.879 bits per heavy atom. The van der Waals surface area contributed by atoms with Crippen molar-refractivity contribution in [2.45, 2.75) is 13.0 Å². The number of hydrogen-bond acceptors (Lipinski definition) is 4. The Kier molecular flexibility index (Phi) is 8.69. The van der Waals surface area contributed by atoms with Crippen LogP contribution < -0.4 is 19.5 Å². The number of ether oxygens (including phenoxy) is 3. The van der Waals surface area contributed by atoms with Gasteiger partial charge in [0.1, 0.15) is 17.2 Å². The van der Waals surface area contributed by atoms with E-state index in [1.807, 2.05) is 30.3 Å². The molecule has 8 heteroatoms. The first kappa shape index (κ1) is 24.6. The number of halogens is 2. The van der Waals surface area contributed by atoms with Crippen molar-refractivity contribution in [1.82, 2.24) is 4.90 Å². The molecule has 0 aliphatic carbocycles. The van der Waals surface area contributed by atoms with Gasteiger partial charge in [0, 0.05) is 28.2 Å². The maximum absolute atomic E-state index is 13.3. The van der Waals surface area contributed by atoms with Crippen molar-refractivity contribution in [3.05, 3.63) is 81.8 Å². The molecule has 0 atom stereocenters. The highest BCUT2D eigenvalue weighted by molar-refractivity contribution is 6.35. The molecule has 0 radical (unpaired) electrons. The van der Waals surface area contributed by atoms with Crippen molar-refractivity contribution in [3.63, 3.8) is 0 Å². The summed E-state index contributed by atoms with van der Waals surface area (Å²) in [6.07, 6.45) is 0.554. The summed E-state index contributed by atoms with van der Waals surface area (Å²) in [6.45, 7) is 0.767. The van der Waals surface area contributed by atoms with Gasteiger partial charge in [-0.3, -0.25) is 0 Å². The maximum Gasteiger partial charge on any atom is 0.322 e. The second kappa shape index (κ2) is 11.7. The first-order valence-corrected chi connectivity index (χ1v) is 11.0. The van der Waals surface area contributed by atoms with Gasteiger partial charge in [-0.05, 0) is 42.3 Å². The summed E-state index contributed by atoms with van der Waals surface area (Å²) in [7, 11) is 4.72. The number of carbonyl (C=O) groups excluding carboxylic acids is 1. The van der Waals surface area contributed by atoms with E-state index in [9.17, 15) is 4.79 Å². The zero-order chi connectivity index (χ0) is 23.8. The Labute approximate surface area is 204 Å². The van der Waals surface area contributed by atoms with E-state index in [4.69, 9.17) is 37.4 Å². The maximum atomic E-state index is 13.3. The molecule has 3 rings (SSSR count). The molecule has 174 valence electrons. The number of urea groups is 1. The molecule has 3 aromatic carbocycles. The molecule has 0 aromatic heterocycles. The fourth-order valence-electron chi connectivity index (χ4n) is 3.37. The number of amides is 2. The van der Waals surface area contributed by atoms with Gasteiger partial charge in [0.15, 0.2) is 0 Å². The molecule has 0 fully saturated rings. The molecule has 33 heavy (non-hydrogen) atoms. The molecule has 0 bridgehead atoms. The van der Waals surface area contributed by atoms with Gasteiger partial charge < -0.3 is 24.4 Å². The fraction of sp³-hybridized carbons (Fsp3) is 0.240. The lowest BCUT2D eigenvalue weighted by Crippen LogP contribution is -2.36. The van der Waals surface area contributed by atoms with Crippen LogP contribution in [0.3, 0.4) is 0 Å². The fourth-order valence-corrected chi connectivity index (χ4v) is 3.87. The number of hydrogen-bond donors (Lipinski definition) is 1. The predicted octanol–water partition coefficient (Wildman–Crippen LogP) is 6.30. The van der Waals surface area contributed by atoms with Crippen molar-refractivity contribution in [2.75, 3.05) is 33.2 Å². The van der Waals surface area contributed by atoms with Crippen molar-refractivity contribution in [3.8, 4) is 17.2 Å². The third-order valence-electron chi connectivity index (χ3n) is 5.16. The number of anilines is 1. The van der Waals surface area contributed by atoms with Gasteiger partial charge >= 0.3 is 6.03 Å². The minimum Gasteiger partial charge on any atom is -0.497 e. The van der Waals surface area contributed by atoms with Crippen molar-refractivity contribution in [2.24, 2.45) is 0 Å². The molecular formula is C25H26Cl2N2O4. The van der Waals surface area contributed by atoms with Gasteiger partial charge in [-0.1, -0.05) is 47.5 Å². The summed E-state index contributed by atoms with van der Waals surface area (Å²) in [5.74, 6) is 1.84. The minimum atomic E-state index is -0.283. The van der Waals surface area contributed by atoms with Gasteiger partial charge in [-0.2, -0.15) is 0 Å². The lowest BCUT2D eigenvalue weighted by molar-refractivity contribution is 0.209. The Hall–Kier alpha value is -3.09. The molecule has 1 N–H and O–H groups in total. The van der Waals surface area contributed by atoms with Crippen LogP contribution in [0, 0.1) is 0 Å². The van der Waals surface area contributed by atoms with Gasteiger partial charge in [-0.15, -0.1) is 0 Å². The number of methoxy groups -OCH3 is 3. The number of carbonyl (C=O) groups is 1. The van der Waals surface area contributed by atoms with E-state index < -0.39 is 0 Å². The van der Waals surface area contributed by atoms with Gasteiger partial charge in [-0.25, -0.2) is 4.79 Å². The minimum absolute atomic E-state index is 0.283. The highest BCUT2D eigenvalue weighted by Gasteiger charge is 2.19. The van der Waals surface area contributed by atoms with Crippen molar-refractivity contribution in [1.29, 1.82) is 0 Å². The smallest absolute Gasteiger partial charge is 0.322 e. The lowest BCUT2D eigenvalue weighted by Gasteiger charge is -2.25. The zero-order valence-electron chi connectivity index (χ0n) is 18.7. The van der Waals surface area contributed by atoms with Crippen LogP contribution in [0.15, 0.2) is 60.7 Å². The first-order valence-electron chi connectivity index (χ1n) is 10.3. The molecule has 0 spiro atoms. The monoisotopic (exact) mass is 488 g/mol. The quantitative estimate of drug-likeness (QED) is 0.384. The Morgan fingerprint density at radius 2 is 1.64 bits per heavy atom. The number of nitrogens with one attached hydrogen (secondary N) is 1. The molecule has 2 amide bonds. The summed E-state index contributed by atoms with van der Waals surface area (Å²) in [6, 6.07) is 17.9. The van der Waals surface area contributed by atoms with Crippen LogP contribution in [-0.2, 0) is 13.0 Å². The van der Waals surface area contributed by atoms with Crippen molar-refractivity contribution < 1.29 is 19.0 Å². The SMILES string of the molecule is COc1ccc(NC(=O)N(CCc2ccc(Cl)cc2Cl)Cc2ccccc2OC)c(OC)c1. The average molecular weight is 489 g/mol. The normalized spacial score (nSPS) is 10.5. The van der Waals surface area contributed by atoms with Crippen LogP contribution in [0.4, 0.5) is 10.5 Å². The largest absolute Gasteiger partial charge is 0.497 e. The Morgan fingerprint density at radius 3 is 2.33 bits per heavy atom. The van der Waals surface area contributed by atoms with Crippen LogP contribution >= 0.6 is 23.2 Å². The number of rotatable bonds is 9. The van der Waals surface area contributed by atoms with Crippen LogP contribution in [0.5, 0.6) is 17.2 Å². The second-order valence-electron chi connectivity index (χ2n) is 7.22. The average Bonchev–Trinajstić information content (AvgIpc) is 2.83. The topological polar surface area (TPSA) is 60.0 Å². The van der Waals surface area contributed by atoms with Crippen LogP contribution in [-0.4, -0.2) is 38.8 Å². The molecule has 0 saturated heterocycles. The van der Waals surface area contributed by atoms with Crippen LogP contribution in [0.1, 0.15) is 11.1 Å². The summed E-state index contributed by atoms with van der Waals surface area (Å²) in [5.41, 5.74) is 2.33. The Bertz CT molecular complexity index is 1110. The van der Waals surface area contributed by atoms with E-state index in [1.165, 1.54) is 0 Å². The summed E-state index contributed by atoms with van der Waals surface area (Å²) in [4.78, 5) is 15.0. The number of para-hydroxylation sites is 1. The molecule has 0 heterocycles. The molecule has 0 saturated carbocycles. The molecule has 3 aromatic rings. The van der Waals surface area contributed by atoms with Crippen LogP contribution in [0.2, 0.25) is 10.0 Å². The second-order valence-corrected chi connectivity index (χ2v) is 8.06. The molecular weight excluding hydrogens is 463 g/mol. The predicted molar refractivity (Wildman–Crippen MR) is 132 cm³/mol. The number of benzene rings is 3. The van der Waals surface area contributed by atoms with E-state index in [0.717, 1.165) is 11.1 Å². The van der Waals surface area contributed by atoms with Crippen molar-refractivity contribution >= 4 is 34.9 Å².